The quantitative estimate of drug-likeness (QED) is 0.858. The number of alkyl halides is 3. The molecule has 1 fully saturated rings. The molecule has 1 heterocycles. The summed E-state index contributed by atoms with van der Waals surface area (Å²) in [6.07, 6.45) is -2.18. The first kappa shape index (κ1) is 11.7. The summed E-state index contributed by atoms with van der Waals surface area (Å²) in [5.74, 6) is -1.28. The van der Waals surface area contributed by atoms with Gasteiger partial charge in [0.05, 0.1) is 17.4 Å². The van der Waals surface area contributed by atoms with E-state index in [9.17, 15) is 18.0 Å². The van der Waals surface area contributed by atoms with Gasteiger partial charge in [0.1, 0.15) is 5.54 Å². The molecule has 0 amide bonds. The Bertz CT molecular complexity index is 455. The predicted molar refractivity (Wildman–Crippen MR) is 52.8 cm³/mol. The Hall–Kier alpha value is -1.79. The Morgan fingerprint density at radius 3 is 2.59 bits per heavy atom. The lowest BCUT2D eigenvalue weighted by atomic mass is 10.2. The second-order valence-corrected chi connectivity index (χ2v) is 3.93. The molecule has 92 valence electrons. The van der Waals surface area contributed by atoms with Crippen molar-refractivity contribution >= 4 is 11.7 Å². The number of hydrogen-bond donors (Lipinski definition) is 2. The van der Waals surface area contributed by atoms with Gasteiger partial charge < -0.3 is 10.4 Å². The van der Waals surface area contributed by atoms with Crippen LogP contribution in [0.5, 0.6) is 0 Å². The van der Waals surface area contributed by atoms with E-state index in [0.29, 0.717) is 0 Å². The molecule has 0 radical (unpaired) electrons. The van der Waals surface area contributed by atoms with Gasteiger partial charge in [0.15, 0.2) is 0 Å². The minimum atomic E-state index is -4.39. The Balaban J connectivity index is 2.29. The molecular weight excluding hydrogens is 237 g/mol. The number of halogens is 3. The first-order valence-corrected chi connectivity index (χ1v) is 4.88. The number of carboxylic acids is 1. The van der Waals surface area contributed by atoms with Crippen LogP contribution in [0, 0.1) is 0 Å². The molecule has 2 N–H and O–H groups in total. The number of rotatable bonds is 3. The SMILES string of the molecule is O=C(O)c1ccncc1NC1(C(F)(F)F)CC1. The fraction of sp³-hybridized carbons (Fsp3) is 0.400. The van der Waals surface area contributed by atoms with Crippen LogP contribution < -0.4 is 5.32 Å². The molecule has 1 saturated carbocycles. The van der Waals surface area contributed by atoms with Gasteiger partial charge in [-0.15, -0.1) is 0 Å². The predicted octanol–water partition coefficient (Wildman–Crippen LogP) is 2.29. The highest BCUT2D eigenvalue weighted by atomic mass is 19.4. The van der Waals surface area contributed by atoms with Crippen molar-refractivity contribution in [3.8, 4) is 0 Å². The minimum absolute atomic E-state index is 0.0511. The highest BCUT2D eigenvalue weighted by molar-refractivity contribution is 5.94. The molecule has 17 heavy (non-hydrogen) atoms. The molecule has 0 saturated heterocycles. The molecule has 0 bridgehead atoms. The molecule has 1 aromatic heterocycles. The molecule has 1 aromatic rings. The van der Waals surface area contributed by atoms with Gasteiger partial charge in [-0.1, -0.05) is 0 Å². The standard InChI is InChI=1S/C10H9F3N2O2/c11-10(12,13)9(2-3-9)15-7-5-14-4-1-6(7)8(16)17/h1,4-5,15H,2-3H2,(H,16,17). The van der Waals surface area contributed by atoms with Crippen LogP contribution in [0.1, 0.15) is 23.2 Å². The number of carboxylic acid groups (broad SMARTS) is 1. The van der Waals surface area contributed by atoms with Crippen molar-refractivity contribution in [2.24, 2.45) is 0 Å². The number of hydrogen-bond acceptors (Lipinski definition) is 3. The maximum absolute atomic E-state index is 12.7. The van der Waals surface area contributed by atoms with E-state index in [2.05, 4.69) is 10.3 Å². The first-order valence-electron chi connectivity index (χ1n) is 4.88. The third-order valence-electron chi connectivity index (χ3n) is 2.72. The summed E-state index contributed by atoms with van der Waals surface area (Å²) in [6, 6.07) is 1.16. The van der Waals surface area contributed by atoms with Gasteiger partial charge in [0, 0.05) is 6.20 Å². The summed E-state index contributed by atoms with van der Waals surface area (Å²) >= 11 is 0. The van der Waals surface area contributed by atoms with E-state index >= 15 is 0 Å². The maximum Gasteiger partial charge on any atom is 0.411 e. The van der Waals surface area contributed by atoms with Crippen LogP contribution in [0.25, 0.3) is 0 Å². The van der Waals surface area contributed by atoms with E-state index in [1.54, 1.807) is 0 Å². The topological polar surface area (TPSA) is 62.2 Å². The van der Waals surface area contributed by atoms with Crippen molar-refractivity contribution in [2.75, 3.05) is 5.32 Å². The summed E-state index contributed by atoms with van der Waals surface area (Å²) < 4.78 is 38.1. The van der Waals surface area contributed by atoms with Crippen LogP contribution in [-0.4, -0.2) is 27.8 Å². The molecule has 1 aliphatic carbocycles. The summed E-state index contributed by atoms with van der Waals surface area (Å²) in [6.45, 7) is 0. The van der Waals surface area contributed by atoms with E-state index in [1.165, 1.54) is 6.20 Å². The summed E-state index contributed by atoms with van der Waals surface area (Å²) in [4.78, 5) is 14.5. The number of pyridine rings is 1. The monoisotopic (exact) mass is 246 g/mol. The van der Waals surface area contributed by atoms with Crippen molar-refractivity contribution in [1.82, 2.24) is 4.98 Å². The Morgan fingerprint density at radius 1 is 1.47 bits per heavy atom. The number of aromatic nitrogens is 1. The van der Waals surface area contributed by atoms with Gasteiger partial charge in [-0.25, -0.2) is 4.79 Å². The molecule has 0 atom stereocenters. The molecule has 0 unspecified atom stereocenters. The van der Waals surface area contributed by atoms with E-state index in [0.717, 1.165) is 12.3 Å². The fourth-order valence-electron chi connectivity index (χ4n) is 1.54. The molecule has 1 aliphatic rings. The van der Waals surface area contributed by atoms with Gasteiger partial charge in [-0.3, -0.25) is 4.98 Å². The van der Waals surface area contributed by atoms with Gasteiger partial charge in [0.25, 0.3) is 0 Å². The summed E-state index contributed by atoms with van der Waals surface area (Å²) in [7, 11) is 0. The van der Waals surface area contributed by atoms with E-state index < -0.39 is 17.7 Å². The maximum atomic E-state index is 12.7. The molecule has 0 spiro atoms. The number of carbonyl (C=O) groups is 1. The van der Waals surface area contributed by atoms with Crippen LogP contribution >= 0.6 is 0 Å². The third kappa shape index (κ3) is 2.04. The van der Waals surface area contributed by atoms with Crippen LogP contribution in [-0.2, 0) is 0 Å². The summed E-state index contributed by atoms with van der Waals surface area (Å²) in [5.41, 5.74) is -2.30. The number of nitrogens with one attached hydrogen (secondary N) is 1. The van der Waals surface area contributed by atoms with E-state index in [4.69, 9.17) is 5.11 Å². The molecule has 0 aromatic carbocycles. The van der Waals surface area contributed by atoms with E-state index in [-0.39, 0.29) is 24.1 Å². The number of nitrogens with zero attached hydrogens (tertiary/aromatic N) is 1. The van der Waals surface area contributed by atoms with Gasteiger partial charge >= 0.3 is 12.1 Å². The highest BCUT2D eigenvalue weighted by Gasteiger charge is 2.63. The number of aromatic carboxylic acids is 1. The van der Waals surface area contributed by atoms with Gasteiger partial charge in [0.2, 0.25) is 0 Å². The van der Waals surface area contributed by atoms with Gasteiger partial charge in [-0.05, 0) is 18.9 Å². The summed E-state index contributed by atoms with van der Waals surface area (Å²) in [5, 5.41) is 11.1. The van der Waals surface area contributed by atoms with Crippen LogP contribution in [0.15, 0.2) is 18.5 Å². The molecule has 7 heteroatoms. The van der Waals surface area contributed by atoms with Crippen molar-refractivity contribution in [2.45, 2.75) is 24.6 Å². The van der Waals surface area contributed by atoms with Crippen LogP contribution in [0.4, 0.5) is 18.9 Å². The fourth-order valence-corrected chi connectivity index (χ4v) is 1.54. The van der Waals surface area contributed by atoms with Crippen LogP contribution in [0.3, 0.4) is 0 Å². The lowest BCUT2D eigenvalue weighted by Crippen LogP contribution is -2.39. The smallest absolute Gasteiger partial charge is 0.411 e. The minimum Gasteiger partial charge on any atom is -0.478 e. The Kier molecular flexibility index (Phi) is 2.48. The van der Waals surface area contributed by atoms with Crippen LogP contribution in [0.2, 0.25) is 0 Å². The van der Waals surface area contributed by atoms with Gasteiger partial charge in [-0.2, -0.15) is 13.2 Å². The average molecular weight is 246 g/mol. The lowest BCUT2D eigenvalue weighted by molar-refractivity contribution is -0.151. The molecule has 0 aliphatic heterocycles. The molecule has 2 rings (SSSR count). The van der Waals surface area contributed by atoms with Crippen molar-refractivity contribution in [3.05, 3.63) is 24.0 Å². The normalized spacial score (nSPS) is 17.6. The second-order valence-electron chi connectivity index (χ2n) is 3.93. The largest absolute Gasteiger partial charge is 0.478 e. The van der Waals surface area contributed by atoms with Crippen molar-refractivity contribution < 1.29 is 23.1 Å². The number of anilines is 1. The van der Waals surface area contributed by atoms with Crippen molar-refractivity contribution in [1.29, 1.82) is 0 Å². The zero-order valence-corrected chi connectivity index (χ0v) is 8.58. The third-order valence-corrected chi connectivity index (χ3v) is 2.72. The zero-order chi connectivity index (χ0) is 12.7. The average Bonchev–Trinajstić information content (AvgIpc) is 2.98. The first-order chi connectivity index (χ1) is 7.86. The van der Waals surface area contributed by atoms with Crippen molar-refractivity contribution in [3.63, 3.8) is 0 Å². The van der Waals surface area contributed by atoms with E-state index in [1.807, 2.05) is 0 Å². The Labute approximate surface area is 94.5 Å². The highest BCUT2D eigenvalue weighted by Crippen LogP contribution is 2.51. The Morgan fingerprint density at radius 2 is 2.12 bits per heavy atom. The zero-order valence-electron chi connectivity index (χ0n) is 8.58. The lowest BCUT2D eigenvalue weighted by Gasteiger charge is -2.22. The molecule has 4 nitrogen and oxygen atoms in total. The second kappa shape index (κ2) is 3.61. The molecular formula is C10H9F3N2O2.